The predicted molar refractivity (Wildman–Crippen MR) is 127 cm³/mol. The number of aromatic hydroxyl groups is 1. The third kappa shape index (κ3) is 6.70. The molecule has 2 aromatic carbocycles. The molecule has 0 saturated heterocycles. The summed E-state index contributed by atoms with van der Waals surface area (Å²) in [6.45, 7) is 5.29. The number of phenolic OH excluding ortho intramolecular Hbond substituents is 1. The van der Waals surface area contributed by atoms with E-state index in [1.165, 1.54) is 24.8 Å². The summed E-state index contributed by atoms with van der Waals surface area (Å²) in [5, 5.41) is 11.6. The molecule has 0 bridgehead atoms. The maximum absolute atomic E-state index is 9.59. The van der Waals surface area contributed by atoms with Crippen LogP contribution in [0.3, 0.4) is 0 Å². The van der Waals surface area contributed by atoms with Gasteiger partial charge in [-0.1, -0.05) is 62.2 Å². The van der Waals surface area contributed by atoms with E-state index >= 15 is 0 Å². The summed E-state index contributed by atoms with van der Waals surface area (Å²) in [5.41, 5.74) is 3.24. The normalized spacial score (nSPS) is 12.6. The Labute approximate surface area is 180 Å². The zero-order chi connectivity index (χ0) is 21.2. The Hall–Kier alpha value is -2.65. The molecule has 158 valence electrons. The van der Waals surface area contributed by atoms with Gasteiger partial charge in [-0.05, 0) is 61.8 Å². The van der Waals surface area contributed by atoms with Crippen molar-refractivity contribution in [1.82, 2.24) is 4.98 Å². The number of hydrogen-bond acceptors (Lipinski definition) is 3. The molecule has 0 aliphatic carbocycles. The van der Waals surface area contributed by atoms with Crippen molar-refractivity contribution in [1.29, 1.82) is 0 Å². The number of phenols is 1. The van der Waals surface area contributed by atoms with Gasteiger partial charge in [0.2, 0.25) is 0 Å². The Morgan fingerprint density at radius 2 is 1.83 bits per heavy atom. The molecule has 0 fully saturated rings. The quantitative estimate of drug-likeness (QED) is 0.339. The Bertz CT molecular complexity index is 947. The van der Waals surface area contributed by atoms with Crippen molar-refractivity contribution in [3.63, 3.8) is 0 Å². The molecule has 0 spiro atoms. The fraction of sp³-hybridized carbons (Fsp3) is 0.370. The fourth-order valence-electron chi connectivity index (χ4n) is 3.51. The molecule has 0 aliphatic rings. The van der Waals surface area contributed by atoms with Gasteiger partial charge < -0.3 is 9.84 Å². The van der Waals surface area contributed by atoms with Gasteiger partial charge in [0, 0.05) is 23.8 Å². The van der Waals surface area contributed by atoms with Crippen LogP contribution in [0, 0.1) is 0 Å². The van der Waals surface area contributed by atoms with Crippen LogP contribution in [-0.4, -0.2) is 22.8 Å². The maximum Gasteiger partial charge on any atom is 0.116 e. The lowest BCUT2D eigenvalue weighted by atomic mass is 10.0. The van der Waals surface area contributed by atoms with Crippen molar-refractivity contribution >= 4 is 16.8 Å². The van der Waals surface area contributed by atoms with Gasteiger partial charge in [-0.25, -0.2) is 0 Å². The summed E-state index contributed by atoms with van der Waals surface area (Å²) < 4.78 is 5.85. The largest absolute Gasteiger partial charge is 0.508 e. The van der Waals surface area contributed by atoms with Crippen LogP contribution >= 0.6 is 0 Å². The molecule has 1 heterocycles. The maximum atomic E-state index is 9.59. The molecule has 0 radical (unpaired) electrons. The van der Waals surface area contributed by atoms with E-state index in [0.29, 0.717) is 6.10 Å². The van der Waals surface area contributed by atoms with Gasteiger partial charge in [0.1, 0.15) is 5.75 Å². The van der Waals surface area contributed by atoms with Crippen molar-refractivity contribution in [3.05, 3.63) is 66.4 Å². The van der Waals surface area contributed by atoms with Crippen LogP contribution in [-0.2, 0) is 4.74 Å². The van der Waals surface area contributed by atoms with Crippen molar-refractivity contribution in [2.45, 2.75) is 58.5 Å². The molecule has 1 aromatic heterocycles. The molecule has 3 nitrogen and oxygen atoms in total. The smallest absolute Gasteiger partial charge is 0.116 e. The highest BCUT2D eigenvalue weighted by Gasteiger charge is 2.03. The number of allylic oxidation sites excluding steroid dienone is 1. The third-order valence-electron chi connectivity index (χ3n) is 5.35. The molecular formula is C27H33NO2. The number of ether oxygens (including phenoxy) is 1. The lowest BCUT2D eigenvalue weighted by Gasteiger charge is -2.12. The van der Waals surface area contributed by atoms with E-state index < -0.39 is 0 Å². The average Bonchev–Trinajstić information content (AvgIpc) is 2.76. The highest BCUT2D eigenvalue weighted by atomic mass is 16.5. The number of hydrogen-bond donors (Lipinski definition) is 1. The first kappa shape index (κ1) is 22.0. The minimum atomic E-state index is 0.266. The summed E-state index contributed by atoms with van der Waals surface area (Å²) in [5.74, 6) is 0.266. The molecule has 0 saturated carbocycles. The van der Waals surface area contributed by atoms with Gasteiger partial charge in [0.25, 0.3) is 0 Å². The monoisotopic (exact) mass is 403 g/mol. The zero-order valence-electron chi connectivity index (χ0n) is 18.2. The number of fused-ring (bicyclic) bond motifs is 1. The van der Waals surface area contributed by atoms with Crippen LogP contribution in [0.4, 0.5) is 0 Å². The van der Waals surface area contributed by atoms with Crippen LogP contribution in [0.1, 0.15) is 57.9 Å². The highest BCUT2D eigenvalue weighted by Crippen LogP contribution is 2.25. The molecule has 0 amide bonds. The second kappa shape index (κ2) is 11.5. The fourth-order valence-corrected chi connectivity index (χ4v) is 3.51. The van der Waals surface area contributed by atoms with Gasteiger partial charge in [-0.2, -0.15) is 0 Å². The number of nitrogens with zero attached hydrogens (tertiary/aromatic N) is 1. The van der Waals surface area contributed by atoms with Crippen molar-refractivity contribution < 1.29 is 9.84 Å². The number of pyridine rings is 1. The number of benzene rings is 2. The van der Waals surface area contributed by atoms with E-state index in [1.807, 2.05) is 12.3 Å². The molecule has 3 aromatic rings. The summed E-state index contributed by atoms with van der Waals surface area (Å²) in [6.07, 6.45) is 13.6. The number of aromatic nitrogens is 1. The van der Waals surface area contributed by atoms with Gasteiger partial charge in [0.05, 0.1) is 11.8 Å². The first-order chi connectivity index (χ1) is 14.7. The lowest BCUT2D eigenvalue weighted by Crippen LogP contribution is -2.08. The van der Waals surface area contributed by atoms with E-state index in [1.54, 1.807) is 12.1 Å². The summed E-state index contributed by atoms with van der Waals surface area (Å²) in [6, 6.07) is 15.9. The summed E-state index contributed by atoms with van der Waals surface area (Å²) in [7, 11) is 0. The van der Waals surface area contributed by atoms with Gasteiger partial charge >= 0.3 is 0 Å². The minimum absolute atomic E-state index is 0.266. The standard InChI is InChI=1S/C27H33NO2/c1-3-4-8-17-30-21(2)9-6-5-7-10-22-11-13-23(14-12-22)27-19-24-15-16-26(29)18-25(24)20-28-27/h7,10-16,18-21,29H,3-6,8-9,17H2,1-2H3/b10-7+. The molecule has 1 atom stereocenters. The highest BCUT2D eigenvalue weighted by molar-refractivity contribution is 5.86. The van der Waals surface area contributed by atoms with Gasteiger partial charge in [0.15, 0.2) is 0 Å². The van der Waals surface area contributed by atoms with Crippen LogP contribution < -0.4 is 0 Å². The van der Waals surface area contributed by atoms with Gasteiger partial charge in [-0.3, -0.25) is 4.98 Å². The van der Waals surface area contributed by atoms with E-state index in [0.717, 1.165) is 47.9 Å². The van der Waals surface area contributed by atoms with E-state index in [-0.39, 0.29) is 5.75 Å². The van der Waals surface area contributed by atoms with E-state index in [2.05, 4.69) is 61.3 Å². The molecule has 30 heavy (non-hydrogen) atoms. The Balaban J connectivity index is 1.47. The van der Waals surface area contributed by atoms with E-state index in [9.17, 15) is 5.11 Å². The molecule has 0 aliphatic heterocycles. The Kier molecular flexibility index (Phi) is 8.46. The van der Waals surface area contributed by atoms with Gasteiger partial charge in [-0.15, -0.1) is 0 Å². The third-order valence-corrected chi connectivity index (χ3v) is 5.35. The molecule has 1 unspecified atom stereocenters. The Morgan fingerprint density at radius 3 is 2.63 bits per heavy atom. The minimum Gasteiger partial charge on any atom is -0.508 e. The Morgan fingerprint density at radius 1 is 1.00 bits per heavy atom. The first-order valence-corrected chi connectivity index (χ1v) is 11.1. The van der Waals surface area contributed by atoms with Crippen molar-refractivity contribution in [2.24, 2.45) is 0 Å². The SMILES string of the molecule is CCCCCOC(C)CCC/C=C/c1ccc(-c2cc3ccc(O)cc3cn2)cc1. The second-order valence-corrected chi connectivity index (χ2v) is 7.94. The molecular weight excluding hydrogens is 370 g/mol. The number of unbranched alkanes of at least 4 members (excludes halogenated alkanes) is 3. The molecule has 1 N–H and O–H groups in total. The zero-order valence-corrected chi connectivity index (χ0v) is 18.2. The first-order valence-electron chi connectivity index (χ1n) is 11.1. The van der Waals surface area contributed by atoms with Crippen LogP contribution in [0.15, 0.2) is 60.8 Å². The van der Waals surface area contributed by atoms with Crippen LogP contribution in [0.2, 0.25) is 0 Å². The van der Waals surface area contributed by atoms with Crippen LogP contribution in [0.5, 0.6) is 5.75 Å². The average molecular weight is 404 g/mol. The summed E-state index contributed by atoms with van der Waals surface area (Å²) in [4.78, 5) is 4.54. The molecule has 3 rings (SSSR count). The van der Waals surface area contributed by atoms with Crippen molar-refractivity contribution in [2.75, 3.05) is 6.61 Å². The second-order valence-electron chi connectivity index (χ2n) is 7.94. The number of rotatable bonds is 11. The van der Waals surface area contributed by atoms with E-state index in [4.69, 9.17) is 4.74 Å². The lowest BCUT2D eigenvalue weighted by molar-refractivity contribution is 0.0566. The van der Waals surface area contributed by atoms with Crippen molar-refractivity contribution in [3.8, 4) is 17.0 Å². The predicted octanol–water partition coefficient (Wildman–Crippen LogP) is 7.39. The molecule has 3 heteroatoms. The van der Waals surface area contributed by atoms with Crippen LogP contribution in [0.25, 0.3) is 28.1 Å². The summed E-state index contributed by atoms with van der Waals surface area (Å²) >= 11 is 0. The topological polar surface area (TPSA) is 42.4 Å².